The number of unbranched alkanes of at least 4 members (excludes halogenated alkanes) is 1. The van der Waals surface area contributed by atoms with Crippen LogP contribution in [0.25, 0.3) is 11.1 Å². The number of anilines is 6. The predicted molar refractivity (Wildman–Crippen MR) is 189 cm³/mol. The number of rotatable bonds is 10. The number of hydrogen-bond acceptors (Lipinski definition) is 2. The Hall–Kier alpha value is -5.08. The summed E-state index contributed by atoms with van der Waals surface area (Å²) in [6.45, 7) is 6.54. The first-order chi connectivity index (χ1) is 21.6. The van der Waals surface area contributed by atoms with Crippen LogP contribution in [0.1, 0.15) is 36.5 Å². The van der Waals surface area contributed by atoms with Crippen molar-refractivity contribution in [2.45, 2.75) is 40.0 Å². The highest BCUT2D eigenvalue weighted by Crippen LogP contribution is 2.38. The fraction of sp³-hybridized carbons (Fsp3) is 0.143. The molecule has 0 saturated carbocycles. The van der Waals surface area contributed by atoms with E-state index in [1.165, 1.54) is 52.0 Å². The molecule has 2 heteroatoms. The van der Waals surface area contributed by atoms with Gasteiger partial charge in [0.25, 0.3) is 0 Å². The molecule has 0 aromatic heterocycles. The van der Waals surface area contributed by atoms with Gasteiger partial charge in [-0.25, -0.2) is 0 Å². The highest BCUT2D eigenvalue weighted by molar-refractivity contribution is 5.81. The summed E-state index contributed by atoms with van der Waals surface area (Å²) in [5, 5.41) is 0. The van der Waals surface area contributed by atoms with Crippen molar-refractivity contribution < 1.29 is 0 Å². The number of para-hydroxylation sites is 1. The van der Waals surface area contributed by atoms with Gasteiger partial charge in [-0.3, -0.25) is 0 Å². The summed E-state index contributed by atoms with van der Waals surface area (Å²) < 4.78 is 0. The summed E-state index contributed by atoms with van der Waals surface area (Å²) >= 11 is 0. The van der Waals surface area contributed by atoms with E-state index in [2.05, 4.69) is 182 Å². The minimum Gasteiger partial charge on any atom is -0.310 e. The zero-order valence-electron chi connectivity index (χ0n) is 25.9. The van der Waals surface area contributed by atoms with Gasteiger partial charge in [-0.15, -0.1) is 0 Å². The Labute approximate surface area is 262 Å². The SMILES string of the molecule is CCCCc1ccc(N(c2ccc(-c3ccc(N(c4ccccc4)c4cccc(C)c4)cc3)cc2)c2cccc(C)c2)cc1. The van der Waals surface area contributed by atoms with Gasteiger partial charge >= 0.3 is 0 Å². The van der Waals surface area contributed by atoms with Gasteiger partial charge in [0.15, 0.2) is 0 Å². The molecule has 218 valence electrons. The first-order valence-electron chi connectivity index (χ1n) is 15.7. The van der Waals surface area contributed by atoms with Gasteiger partial charge in [-0.2, -0.15) is 0 Å². The Kier molecular flexibility index (Phi) is 8.89. The molecule has 2 nitrogen and oxygen atoms in total. The maximum atomic E-state index is 2.35. The van der Waals surface area contributed by atoms with E-state index < -0.39 is 0 Å². The lowest BCUT2D eigenvalue weighted by molar-refractivity contribution is 0.795. The average molecular weight is 573 g/mol. The summed E-state index contributed by atoms with van der Waals surface area (Å²) in [6, 6.07) is 54.9. The molecule has 0 saturated heterocycles. The van der Waals surface area contributed by atoms with Crippen molar-refractivity contribution in [1.29, 1.82) is 0 Å². The predicted octanol–water partition coefficient (Wildman–Crippen LogP) is 12.3. The molecule has 0 aliphatic heterocycles. The third kappa shape index (κ3) is 6.61. The van der Waals surface area contributed by atoms with Crippen LogP contribution >= 0.6 is 0 Å². The number of nitrogens with zero attached hydrogens (tertiary/aromatic N) is 2. The van der Waals surface area contributed by atoms with E-state index in [4.69, 9.17) is 0 Å². The van der Waals surface area contributed by atoms with E-state index >= 15 is 0 Å². The molecule has 0 spiro atoms. The summed E-state index contributed by atoms with van der Waals surface area (Å²) in [6.07, 6.45) is 3.56. The zero-order chi connectivity index (χ0) is 30.3. The summed E-state index contributed by atoms with van der Waals surface area (Å²) in [4.78, 5) is 4.66. The number of aryl methyl sites for hydroxylation is 3. The highest BCUT2D eigenvalue weighted by Gasteiger charge is 2.15. The quantitative estimate of drug-likeness (QED) is 0.161. The summed E-state index contributed by atoms with van der Waals surface area (Å²) in [5.41, 5.74) is 13.2. The minimum atomic E-state index is 1.13. The van der Waals surface area contributed by atoms with Gasteiger partial charge in [-0.1, -0.05) is 92.2 Å². The summed E-state index contributed by atoms with van der Waals surface area (Å²) in [5.74, 6) is 0. The molecule has 0 N–H and O–H groups in total. The number of hydrogen-bond donors (Lipinski definition) is 0. The molecule has 6 aromatic carbocycles. The van der Waals surface area contributed by atoms with Crippen LogP contribution in [-0.2, 0) is 6.42 Å². The third-order valence-electron chi connectivity index (χ3n) is 8.13. The van der Waals surface area contributed by atoms with Crippen molar-refractivity contribution in [2.24, 2.45) is 0 Å². The van der Waals surface area contributed by atoms with Gasteiger partial charge in [0.05, 0.1) is 0 Å². The molecule has 6 rings (SSSR count). The molecule has 0 aliphatic rings. The molecule has 0 amide bonds. The average Bonchev–Trinajstić information content (AvgIpc) is 3.06. The third-order valence-corrected chi connectivity index (χ3v) is 8.13. The van der Waals surface area contributed by atoms with Crippen LogP contribution in [0.15, 0.2) is 152 Å². The van der Waals surface area contributed by atoms with E-state index in [0.29, 0.717) is 0 Å². The monoisotopic (exact) mass is 572 g/mol. The van der Waals surface area contributed by atoms with Crippen LogP contribution < -0.4 is 9.80 Å². The lowest BCUT2D eigenvalue weighted by atomic mass is 10.0. The molecule has 0 bridgehead atoms. The number of benzene rings is 6. The Morgan fingerprint density at radius 3 is 1.25 bits per heavy atom. The lowest BCUT2D eigenvalue weighted by Gasteiger charge is -2.26. The molecule has 0 heterocycles. The van der Waals surface area contributed by atoms with Gasteiger partial charge in [-0.05, 0) is 127 Å². The highest BCUT2D eigenvalue weighted by atomic mass is 15.1. The fourth-order valence-corrected chi connectivity index (χ4v) is 5.80. The molecule has 0 atom stereocenters. The smallest absolute Gasteiger partial charge is 0.0464 e. The van der Waals surface area contributed by atoms with Crippen molar-refractivity contribution in [3.8, 4) is 11.1 Å². The minimum absolute atomic E-state index is 1.13. The van der Waals surface area contributed by atoms with Crippen molar-refractivity contribution in [1.82, 2.24) is 0 Å². The van der Waals surface area contributed by atoms with E-state index in [9.17, 15) is 0 Å². The van der Waals surface area contributed by atoms with Crippen LogP contribution in [0.2, 0.25) is 0 Å². The Morgan fingerprint density at radius 1 is 0.409 bits per heavy atom. The molecular weight excluding hydrogens is 532 g/mol. The zero-order valence-corrected chi connectivity index (χ0v) is 25.9. The Morgan fingerprint density at radius 2 is 0.818 bits per heavy atom. The summed E-state index contributed by atoms with van der Waals surface area (Å²) in [7, 11) is 0. The Balaban J connectivity index is 1.30. The van der Waals surface area contributed by atoms with Crippen LogP contribution in [0, 0.1) is 13.8 Å². The van der Waals surface area contributed by atoms with Crippen LogP contribution in [0.3, 0.4) is 0 Å². The van der Waals surface area contributed by atoms with Crippen LogP contribution in [0.5, 0.6) is 0 Å². The molecule has 0 aliphatic carbocycles. The molecular formula is C42H40N2. The van der Waals surface area contributed by atoms with Gasteiger partial charge in [0.1, 0.15) is 0 Å². The van der Waals surface area contributed by atoms with E-state index in [1.807, 2.05) is 0 Å². The molecule has 6 aromatic rings. The van der Waals surface area contributed by atoms with E-state index in [-0.39, 0.29) is 0 Å². The largest absolute Gasteiger partial charge is 0.310 e. The standard InChI is InChI=1S/C42H40N2/c1-4-5-13-34-18-24-38(25-19-34)44(42-17-10-12-33(3)31-42)40-28-22-36(23-29-40)35-20-26-39(27-21-35)43(37-14-7-6-8-15-37)41-16-9-11-32(2)30-41/h6-12,14-31H,4-5,13H2,1-3H3. The molecule has 0 unspecified atom stereocenters. The fourth-order valence-electron chi connectivity index (χ4n) is 5.80. The Bertz CT molecular complexity index is 1790. The maximum absolute atomic E-state index is 2.35. The van der Waals surface area contributed by atoms with Crippen molar-refractivity contribution >= 4 is 34.1 Å². The van der Waals surface area contributed by atoms with Crippen molar-refractivity contribution in [2.75, 3.05) is 9.80 Å². The van der Waals surface area contributed by atoms with Crippen molar-refractivity contribution in [3.63, 3.8) is 0 Å². The second-order valence-corrected chi connectivity index (χ2v) is 11.5. The van der Waals surface area contributed by atoms with Crippen molar-refractivity contribution in [3.05, 3.63) is 168 Å². The van der Waals surface area contributed by atoms with Gasteiger partial charge < -0.3 is 9.80 Å². The second kappa shape index (κ2) is 13.5. The van der Waals surface area contributed by atoms with E-state index in [0.717, 1.165) is 29.2 Å². The normalized spacial score (nSPS) is 10.9. The topological polar surface area (TPSA) is 6.48 Å². The molecule has 0 fully saturated rings. The maximum Gasteiger partial charge on any atom is 0.0464 e. The van der Waals surface area contributed by atoms with E-state index in [1.54, 1.807) is 0 Å². The lowest BCUT2D eigenvalue weighted by Crippen LogP contribution is -2.10. The van der Waals surface area contributed by atoms with Gasteiger partial charge in [0, 0.05) is 34.1 Å². The molecule has 44 heavy (non-hydrogen) atoms. The molecule has 0 radical (unpaired) electrons. The first kappa shape index (κ1) is 29.0. The first-order valence-corrected chi connectivity index (χ1v) is 15.7. The second-order valence-electron chi connectivity index (χ2n) is 11.5. The van der Waals surface area contributed by atoms with Gasteiger partial charge in [0.2, 0.25) is 0 Å². The van der Waals surface area contributed by atoms with Crippen LogP contribution in [-0.4, -0.2) is 0 Å². The van der Waals surface area contributed by atoms with Crippen LogP contribution in [0.4, 0.5) is 34.1 Å².